The van der Waals surface area contributed by atoms with Gasteiger partial charge in [-0.25, -0.2) is 4.98 Å². The molecule has 2 aromatic carbocycles. The maximum absolute atomic E-state index is 13.9. The number of thiophene rings is 1. The van der Waals surface area contributed by atoms with E-state index in [0.717, 1.165) is 46.5 Å². The van der Waals surface area contributed by atoms with E-state index >= 15 is 0 Å². The molecule has 1 atom stereocenters. The van der Waals surface area contributed by atoms with Gasteiger partial charge in [-0.3, -0.25) is 14.2 Å². The number of amides is 1. The van der Waals surface area contributed by atoms with Crippen LogP contribution in [-0.2, 0) is 17.6 Å². The summed E-state index contributed by atoms with van der Waals surface area (Å²) in [4.78, 5) is 33.6. The highest BCUT2D eigenvalue weighted by molar-refractivity contribution is 7.99. The Morgan fingerprint density at radius 2 is 2.09 bits per heavy atom. The molecule has 0 saturated carbocycles. The molecular formula is C27H26ClN3O2S2. The third-order valence-corrected chi connectivity index (χ3v) is 8.84. The fraction of sp³-hybridized carbons (Fsp3) is 0.296. The Balaban J connectivity index is 1.55. The van der Waals surface area contributed by atoms with E-state index in [1.54, 1.807) is 22.0 Å². The van der Waals surface area contributed by atoms with Crippen LogP contribution in [0.3, 0.4) is 0 Å². The summed E-state index contributed by atoms with van der Waals surface area (Å²) in [5.74, 6) is 0.587. The molecule has 1 N–H and O–H groups in total. The van der Waals surface area contributed by atoms with Crippen molar-refractivity contribution >= 4 is 56.5 Å². The number of fused-ring (bicyclic) bond motifs is 3. The van der Waals surface area contributed by atoms with E-state index in [-0.39, 0.29) is 17.2 Å². The van der Waals surface area contributed by atoms with Crippen molar-refractivity contribution in [2.45, 2.75) is 45.2 Å². The molecule has 4 aromatic rings. The van der Waals surface area contributed by atoms with Crippen LogP contribution in [0.25, 0.3) is 15.9 Å². The molecule has 0 spiro atoms. The lowest BCUT2D eigenvalue weighted by molar-refractivity contribution is -0.113. The number of hydrogen-bond donors (Lipinski definition) is 1. The van der Waals surface area contributed by atoms with Gasteiger partial charge in [0.2, 0.25) is 5.91 Å². The fourth-order valence-corrected chi connectivity index (χ4v) is 6.88. The van der Waals surface area contributed by atoms with Gasteiger partial charge in [0.25, 0.3) is 5.56 Å². The van der Waals surface area contributed by atoms with Gasteiger partial charge in [-0.15, -0.1) is 11.3 Å². The van der Waals surface area contributed by atoms with Crippen LogP contribution in [0.1, 0.15) is 34.9 Å². The molecule has 5 rings (SSSR count). The molecule has 1 aliphatic rings. The average molecular weight is 524 g/mol. The van der Waals surface area contributed by atoms with Crippen LogP contribution in [0.4, 0.5) is 5.69 Å². The zero-order chi connectivity index (χ0) is 24.7. The second-order valence-electron chi connectivity index (χ2n) is 9.21. The molecule has 0 bridgehead atoms. The first-order valence-electron chi connectivity index (χ1n) is 11.6. The van der Waals surface area contributed by atoms with Gasteiger partial charge in [-0.2, -0.15) is 0 Å². The summed E-state index contributed by atoms with van der Waals surface area (Å²) in [6.45, 7) is 6.16. The van der Waals surface area contributed by atoms with Gasteiger partial charge in [0.1, 0.15) is 4.83 Å². The van der Waals surface area contributed by atoms with Gasteiger partial charge in [-0.1, -0.05) is 48.5 Å². The number of aryl methyl sites for hydroxylation is 3. The first-order chi connectivity index (χ1) is 16.8. The van der Waals surface area contributed by atoms with Crippen LogP contribution in [0, 0.1) is 19.8 Å². The summed E-state index contributed by atoms with van der Waals surface area (Å²) >= 11 is 9.30. The van der Waals surface area contributed by atoms with E-state index in [1.165, 1.54) is 16.6 Å². The van der Waals surface area contributed by atoms with Gasteiger partial charge >= 0.3 is 0 Å². The Bertz CT molecular complexity index is 1510. The third kappa shape index (κ3) is 4.90. The van der Waals surface area contributed by atoms with Crippen molar-refractivity contribution in [2.75, 3.05) is 11.1 Å². The van der Waals surface area contributed by atoms with E-state index < -0.39 is 0 Å². The van der Waals surface area contributed by atoms with Crippen molar-refractivity contribution in [1.82, 2.24) is 9.55 Å². The van der Waals surface area contributed by atoms with Gasteiger partial charge in [0, 0.05) is 15.6 Å². The molecule has 0 aliphatic heterocycles. The first-order valence-corrected chi connectivity index (χ1v) is 13.8. The highest BCUT2D eigenvalue weighted by Gasteiger charge is 2.25. The number of halogens is 1. The third-order valence-electron chi connectivity index (χ3n) is 6.35. The number of carbonyl (C=O) groups is 1. The predicted molar refractivity (Wildman–Crippen MR) is 147 cm³/mol. The molecule has 0 unspecified atom stereocenters. The minimum atomic E-state index is -0.150. The predicted octanol–water partition coefficient (Wildman–Crippen LogP) is 6.57. The molecule has 5 nitrogen and oxygen atoms in total. The second kappa shape index (κ2) is 9.80. The topological polar surface area (TPSA) is 64.0 Å². The smallest absolute Gasteiger partial charge is 0.267 e. The first kappa shape index (κ1) is 24.1. The zero-order valence-corrected chi connectivity index (χ0v) is 22.2. The quantitative estimate of drug-likeness (QED) is 0.237. The number of rotatable bonds is 5. The summed E-state index contributed by atoms with van der Waals surface area (Å²) in [6.07, 6.45) is 2.95. The van der Waals surface area contributed by atoms with Crippen LogP contribution in [0.5, 0.6) is 0 Å². The van der Waals surface area contributed by atoms with Crippen molar-refractivity contribution in [1.29, 1.82) is 0 Å². The van der Waals surface area contributed by atoms with E-state index in [2.05, 4.69) is 12.2 Å². The standard InChI is InChI=1S/C27H26ClN3O2S2/c1-15-5-4-6-18(11-15)29-23(32)14-34-27-30-25-24(20-10-7-16(2)12-22(20)35-25)26(33)31(27)19-9-8-17(3)21(28)13-19/h4-6,8-9,11,13,16H,7,10,12,14H2,1-3H3,(H,29,32)/t16-/m1/s1. The minimum absolute atomic E-state index is 0.0939. The number of nitrogens with one attached hydrogen (secondary N) is 1. The summed E-state index contributed by atoms with van der Waals surface area (Å²) in [6, 6.07) is 13.3. The molecular weight excluding hydrogens is 498 g/mol. The van der Waals surface area contributed by atoms with E-state index in [1.807, 2.05) is 50.2 Å². The number of benzene rings is 2. The molecule has 180 valence electrons. The van der Waals surface area contributed by atoms with Gasteiger partial charge in [0.05, 0.1) is 16.8 Å². The molecule has 8 heteroatoms. The van der Waals surface area contributed by atoms with E-state index in [9.17, 15) is 9.59 Å². The Morgan fingerprint density at radius 3 is 2.86 bits per heavy atom. The highest BCUT2D eigenvalue weighted by atomic mass is 35.5. The lowest BCUT2D eigenvalue weighted by Gasteiger charge is -2.18. The van der Waals surface area contributed by atoms with Crippen molar-refractivity contribution in [3.8, 4) is 5.69 Å². The van der Waals surface area contributed by atoms with Crippen molar-refractivity contribution in [2.24, 2.45) is 5.92 Å². The molecule has 1 amide bonds. The van der Waals surface area contributed by atoms with Crippen molar-refractivity contribution in [3.63, 3.8) is 0 Å². The van der Waals surface area contributed by atoms with Gasteiger partial charge < -0.3 is 5.32 Å². The number of carbonyl (C=O) groups excluding carboxylic acids is 1. The highest BCUT2D eigenvalue weighted by Crippen LogP contribution is 2.37. The van der Waals surface area contributed by atoms with Crippen LogP contribution < -0.4 is 10.9 Å². The molecule has 35 heavy (non-hydrogen) atoms. The Hall–Kier alpha value is -2.61. The normalized spacial score (nSPS) is 15.3. The average Bonchev–Trinajstić information content (AvgIpc) is 3.17. The number of nitrogens with zero attached hydrogens (tertiary/aromatic N) is 2. The van der Waals surface area contributed by atoms with Crippen LogP contribution in [0.15, 0.2) is 52.4 Å². The van der Waals surface area contributed by atoms with Gasteiger partial charge in [0.15, 0.2) is 5.16 Å². The van der Waals surface area contributed by atoms with E-state index in [0.29, 0.717) is 27.2 Å². The van der Waals surface area contributed by atoms with Crippen LogP contribution in [0.2, 0.25) is 5.02 Å². The number of aromatic nitrogens is 2. The lowest BCUT2D eigenvalue weighted by Crippen LogP contribution is -2.23. The Labute approximate surface area is 217 Å². The molecule has 0 saturated heterocycles. The summed E-state index contributed by atoms with van der Waals surface area (Å²) < 4.78 is 1.61. The summed E-state index contributed by atoms with van der Waals surface area (Å²) in [5.41, 5.74) is 4.46. The molecule has 2 heterocycles. The van der Waals surface area contributed by atoms with Crippen molar-refractivity contribution in [3.05, 3.63) is 79.4 Å². The fourth-order valence-electron chi connectivity index (χ4n) is 4.47. The van der Waals surface area contributed by atoms with E-state index in [4.69, 9.17) is 16.6 Å². The molecule has 2 aromatic heterocycles. The summed E-state index contributed by atoms with van der Waals surface area (Å²) in [5, 5.41) is 4.72. The molecule has 1 aliphatic carbocycles. The zero-order valence-electron chi connectivity index (χ0n) is 19.9. The summed E-state index contributed by atoms with van der Waals surface area (Å²) in [7, 11) is 0. The minimum Gasteiger partial charge on any atom is -0.325 e. The maximum atomic E-state index is 13.9. The number of anilines is 1. The van der Waals surface area contributed by atoms with Crippen LogP contribution in [-0.4, -0.2) is 21.2 Å². The second-order valence-corrected chi connectivity index (χ2v) is 11.6. The number of hydrogen-bond acceptors (Lipinski definition) is 5. The maximum Gasteiger partial charge on any atom is 0.267 e. The van der Waals surface area contributed by atoms with Crippen molar-refractivity contribution < 1.29 is 4.79 Å². The Kier molecular flexibility index (Phi) is 6.75. The number of thioether (sulfide) groups is 1. The van der Waals surface area contributed by atoms with Crippen LogP contribution >= 0.6 is 34.7 Å². The lowest BCUT2D eigenvalue weighted by atomic mass is 9.89. The largest absolute Gasteiger partial charge is 0.325 e. The monoisotopic (exact) mass is 523 g/mol. The van der Waals surface area contributed by atoms with Gasteiger partial charge in [-0.05, 0) is 80.0 Å². The Morgan fingerprint density at radius 1 is 1.26 bits per heavy atom. The SMILES string of the molecule is Cc1cccc(NC(=O)CSc2nc3sc4c(c3c(=O)n2-c2ccc(C)c(Cl)c2)CC[C@@H](C)C4)c1. The molecule has 0 radical (unpaired) electrons. The molecule has 0 fully saturated rings.